The molecule has 0 aliphatic carbocycles. The fourth-order valence-electron chi connectivity index (χ4n) is 1.30. The van der Waals surface area contributed by atoms with Crippen molar-refractivity contribution >= 4 is 11.6 Å². The molecule has 1 aromatic carbocycles. The molecule has 90 valence electrons. The molecule has 0 aliphatic heterocycles. The van der Waals surface area contributed by atoms with Gasteiger partial charge in [0.1, 0.15) is 17.7 Å². The molecule has 1 aromatic rings. The van der Waals surface area contributed by atoms with Gasteiger partial charge in [0, 0.05) is 11.6 Å². The quantitative estimate of drug-likeness (QED) is 0.782. The summed E-state index contributed by atoms with van der Waals surface area (Å²) in [7, 11) is 0. The van der Waals surface area contributed by atoms with Crippen molar-refractivity contribution in [2.24, 2.45) is 0 Å². The van der Waals surface area contributed by atoms with Gasteiger partial charge in [-0.15, -0.1) is 11.6 Å². The van der Waals surface area contributed by atoms with Crippen molar-refractivity contribution in [2.45, 2.75) is 19.1 Å². The second-order valence-electron chi connectivity index (χ2n) is 3.28. The highest BCUT2D eigenvalue weighted by Gasteiger charge is 2.20. The van der Waals surface area contributed by atoms with Gasteiger partial charge in [-0.3, -0.25) is 0 Å². The van der Waals surface area contributed by atoms with E-state index < -0.39 is 18.0 Å². The molecule has 2 atom stereocenters. The van der Waals surface area contributed by atoms with Crippen LogP contribution in [0.1, 0.15) is 18.6 Å². The average Bonchev–Trinajstić information content (AvgIpc) is 2.28. The van der Waals surface area contributed by atoms with Crippen LogP contribution in [-0.2, 0) is 0 Å². The van der Waals surface area contributed by atoms with Crippen molar-refractivity contribution in [1.82, 2.24) is 0 Å². The molecule has 0 spiro atoms. The number of halogens is 2. The third kappa shape index (κ3) is 3.07. The lowest BCUT2D eigenvalue weighted by atomic mass is 10.0. The molecule has 0 amide bonds. The van der Waals surface area contributed by atoms with Crippen molar-refractivity contribution in [3.63, 3.8) is 0 Å². The Labute approximate surface area is 98.4 Å². The van der Waals surface area contributed by atoms with Gasteiger partial charge in [0.15, 0.2) is 0 Å². The lowest BCUT2D eigenvalue weighted by Gasteiger charge is -2.16. The molecule has 0 saturated carbocycles. The molecular formula is C11H14ClFO3. The largest absolute Gasteiger partial charge is 0.494 e. The summed E-state index contributed by atoms with van der Waals surface area (Å²) >= 11 is 5.37. The molecule has 2 unspecified atom stereocenters. The number of hydrogen-bond donors (Lipinski definition) is 2. The molecule has 16 heavy (non-hydrogen) atoms. The number of alkyl halides is 1. The Bertz CT molecular complexity index is 346. The Hall–Kier alpha value is -0.840. The topological polar surface area (TPSA) is 49.7 Å². The minimum Gasteiger partial charge on any atom is -0.494 e. The summed E-state index contributed by atoms with van der Waals surface area (Å²) in [5, 5.41) is 18.9. The molecule has 0 heterocycles. The van der Waals surface area contributed by atoms with Crippen LogP contribution in [0.5, 0.6) is 5.75 Å². The van der Waals surface area contributed by atoms with Gasteiger partial charge in [0.05, 0.1) is 18.6 Å². The van der Waals surface area contributed by atoms with Gasteiger partial charge in [-0.05, 0) is 19.1 Å². The van der Waals surface area contributed by atoms with Crippen LogP contribution in [0.15, 0.2) is 18.2 Å². The predicted molar refractivity (Wildman–Crippen MR) is 59.3 cm³/mol. The van der Waals surface area contributed by atoms with Gasteiger partial charge in [-0.1, -0.05) is 0 Å². The fraction of sp³-hybridized carbons (Fsp3) is 0.455. The Morgan fingerprint density at radius 1 is 1.44 bits per heavy atom. The fourth-order valence-corrected chi connectivity index (χ4v) is 1.46. The van der Waals surface area contributed by atoms with E-state index in [-0.39, 0.29) is 11.4 Å². The number of benzene rings is 1. The molecule has 0 saturated heterocycles. The zero-order valence-corrected chi connectivity index (χ0v) is 9.62. The molecule has 0 fully saturated rings. The maximum Gasteiger partial charge on any atom is 0.132 e. The first-order chi connectivity index (χ1) is 7.60. The first-order valence-corrected chi connectivity index (χ1v) is 5.48. The summed E-state index contributed by atoms with van der Waals surface area (Å²) in [4.78, 5) is 0. The zero-order chi connectivity index (χ0) is 12.1. The van der Waals surface area contributed by atoms with Gasteiger partial charge in [-0.25, -0.2) is 4.39 Å². The summed E-state index contributed by atoms with van der Waals surface area (Å²) in [5.74, 6) is -0.396. The summed E-state index contributed by atoms with van der Waals surface area (Å²) < 4.78 is 18.6. The normalized spacial score (nSPS) is 14.6. The minimum absolute atomic E-state index is 0.0107. The first-order valence-electron chi connectivity index (χ1n) is 4.94. The standard InChI is InChI=1S/C11H14ClFO3/c1-2-16-7-3-4-8(9(13)5-7)11(15)10(14)6-12/h3-5,10-11,14-15H,2,6H2,1H3. The van der Waals surface area contributed by atoms with Gasteiger partial charge >= 0.3 is 0 Å². The van der Waals surface area contributed by atoms with Gasteiger partial charge in [0.2, 0.25) is 0 Å². The van der Waals surface area contributed by atoms with E-state index in [1.807, 2.05) is 0 Å². The van der Waals surface area contributed by atoms with E-state index in [0.29, 0.717) is 12.4 Å². The van der Waals surface area contributed by atoms with Crippen molar-refractivity contribution in [3.8, 4) is 5.75 Å². The van der Waals surface area contributed by atoms with Crippen LogP contribution in [0, 0.1) is 5.82 Å². The second kappa shape index (κ2) is 6.03. The molecule has 2 N–H and O–H groups in total. The van der Waals surface area contributed by atoms with Crippen LogP contribution in [0.25, 0.3) is 0 Å². The monoisotopic (exact) mass is 248 g/mol. The van der Waals surface area contributed by atoms with Gasteiger partial charge < -0.3 is 14.9 Å². The average molecular weight is 249 g/mol. The molecule has 3 nitrogen and oxygen atoms in total. The van der Waals surface area contributed by atoms with E-state index in [0.717, 1.165) is 0 Å². The SMILES string of the molecule is CCOc1ccc(C(O)C(O)CCl)c(F)c1. The van der Waals surface area contributed by atoms with Crippen LogP contribution >= 0.6 is 11.6 Å². The molecule has 0 bridgehead atoms. The minimum atomic E-state index is -1.33. The first kappa shape index (κ1) is 13.2. The number of ether oxygens (including phenoxy) is 1. The van der Waals surface area contributed by atoms with Crippen molar-refractivity contribution in [2.75, 3.05) is 12.5 Å². The third-order valence-electron chi connectivity index (χ3n) is 2.12. The van der Waals surface area contributed by atoms with Crippen LogP contribution in [0.3, 0.4) is 0 Å². The highest BCUT2D eigenvalue weighted by Crippen LogP contribution is 2.24. The van der Waals surface area contributed by atoms with E-state index in [9.17, 15) is 14.6 Å². The summed E-state index contributed by atoms with van der Waals surface area (Å²) in [6, 6.07) is 4.08. The lowest BCUT2D eigenvalue weighted by molar-refractivity contribution is 0.0304. The summed E-state index contributed by atoms with van der Waals surface area (Å²) in [6.45, 7) is 2.23. The van der Waals surface area contributed by atoms with E-state index in [1.54, 1.807) is 6.92 Å². The molecule has 5 heteroatoms. The molecule has 0 aromatic heterocycles. The number of aliphatic hydroxyl groups is 2. The Morgan fingerprint density at radius 3 is 2.62 bits per heavy atom. The van der Waals surface area contributed by atoms with Crippen molar-refractivity contribution in [1.29, 1.82) is 0 Å². The highest BCUT2D eigenvalue weighted by atomic mass is 35.5. The molecule has 1 rings (SSSR count). The van der Waals surface area contributed by atoms with Gasteiger partial charge in [0.25, 0.3) is 0 Å². The Kier molecular flexibility index (Phi) is 4.99. The lowest BCUT2D eigenvalue weighted by Crippen LogP contribution is -2.20. The van der Waals surface area contributed by atoms with E-state index >= 15 is 0 Å². The maximum absolute atomic E-state index is 13.5. The van der Waals surface area contributed by atoms with Crippen LogP contribution in [-0.4, -0.2) is 28.8 Å². The molecule has 0 radical (unpaired) electrons. The Morgan fingerprint density at radius 2 is 2.12 bits per heavy atom. The molecule has 0 aliphatic rings. The second-order valence-corrected chi connectivity index (χ2v) is 3.59. The van der Waals surface area contributed by atoms with E-state index in [1.165, 1.54) is 18.2 Å². The van der Waals surface area contributed by atoms with Gasteiger partial charge in [-0.2, -0.15) is 0 Å². The zero-order valence-electron chi connectivity index (χ0n) is 8.86. The maximum atomic E-state index is 13.5. The third-order valence-corrected chi connectivity index (χ3v) is 2.44. The smallest absolute Gasteiger partial charge is 0.132 e. The number of rotatable bonds is 5. The van der Waals surface area contributed by atoms with Crippen LogP contribution < -0.4 is 4.74 Å². The van der Waals surface area contributed by atoms with E-state index in [4.69, 9.17) is 16.3 Å². The number of hydrogen-bond acceptors (Lipinski definition) is 3. The van der Waals surface area contributed by atoms with Crippen LogP contribution in [0.2, 0.25) is 0 Å². The molecular weight excluding hydrogens is 235 g/mol. The summed E-state index contributed by atoms with van der Waals surface area (Å²) in [6.07, 6.45) is -2.51. The van der Waals surface area contributed by atoms with Crippen LogP contribution in [0.4, 0.5) is 4.39 Å². The van der Waals surface area contributed by atoms with Crippen molar-refractivity contribution in [3.05, 3.63) is 29.6 Å². The summed E-state index contributed by atoms with van der Waals surface area (Å²) in [5.41, 5.74) is 0.0107. The Balaban J connectivity index is 2.89. The van der Waals surface area contributed by atoms with E-state index in [2.05, 4.69) is 0 Å². The highest BCUT2D eigenvalue weighted by molar-refractivity contribution is 6.18. The number of aliphatic hydroxyl groups excluding tert-OH is 2. The predicted octanol–water partition coefficient (Wildman–Crippen LogP) is 1.86. The van der Waals surface area contributed by atoms with Crippen molar-refractivity contribution < 1.29 is 19.3 Å².